The summed E-state index contributed by atoms with van der Waals surface area (Å²) in [4.78, 5) is 20.3. The fourth-order valence-corrected chi connectivity index (χ4v) is 2.47. The van der Waals surface area contributed by atoms with Crippen LogP contribution in [0.3, 0.4) is 0 Å². The van der Waals surface area contributed by atoms with E-state index in [1.807, 2.05) is 12.1 Å². The fraction of sp³-hybridized carbons (Fsp3) is 0.562. The smallest absolute Gasteiger partial charge is 0.317 e. The van der Waals surface area contributed by atoms with Gasteiger partial charge in [-0.15, -0.1) is 0 Å². The Bertz CT molecular complexity index is 566. The van der Waals surface area contributed by atoms with Gasteiger partial charge < -0.3 is 19.9 Å². The molecule has 0 saturated carbocycles. The molecule has 2 amide bonds. The van der Waals surface area contributed by atoms with Gasteiger partial charge in [0.05, 0.1) is 25.2 Å². The van der Waals surface area contributed by atoms with E-state index in [1.54, 1.807) is 20.2 Å². The summed E-state index contributed by atoms with van der Waals surface area (Å²) in [5.41, 5.74) is 0.976. The van der Waals surface area contributed by atoms with Crippen LogP contribution in [0.25, 0.3) is 0 Å². The Balaban J connectivity index is 1.95. The Labute approximate surface area is 136 Å². The van der Waals surface area contributed by atoms with Crippen molar-refractivity contribution >= 4 is 11.8 Å². The lowest BCUT2D eigenvalue weighted by Crippen LogP contribution is -2.40. The van der Waals surface area contributed by atoms with Crippen molar-refractivity contribution in [3.8, 4) is 6.07 Å². The maximum Gasteiger partial charge on any atom is 0.317 e. The minimum atomic E-state index is -0.191. The molecule has 124 valence electrons. The van der Waals surface area contributed by atoms with Crippen LogP contribution in [-0.4, -0.2) is 55.8 Å². The van der Waals surface area contributed by atoms with E-state index in [0.717, 1.165) is 24.5 Å². The number of nitrogens with zero attached hydrogens (tertiary/aromatic N) is 4. The molecule has 7 nitrogen and oxygen atoms in total. The number of amides is 2. The molecule has 1 atom stereocenters. The lowest BCUT2D eigenvalue weighted by atomic mass is 10.2. The van der Waals surface area contributed by atoms with Crippen molar-refractivity contribution < 1.29 is 9.53 Å². The Morgan fingerprint density at radius 2 is 2.30 bits per heavy atom. The van der Waals surface area contributed by atoms with Gasteiger partial charge in [0.1, 0.15) is 5.82 Å². The Morgan fingerprint density at radius 3 is 3.00 bits per heavy atom. The predicted molar refractivity (Wildman–Crippen MR) is 86.9 cm³/mol. The normalized spacial score (nSPS) is 15.6. The quantitative estimate of drug-likeness (QED) is 0.883. The van der Waals surface area contributed by atoms with Crippen LogP contribution in [0.2, 0.25) is 0 Å². The molecule has 0 aromatic carbocycles. The number of nitrogens with one attached hydrogen (secondary N) is 1. The number of ether oxygens (including phenoxy) is 1. The molecule has 0 unspecified atom stereocenters. The third-order valence-electron chi connectivity index (χ3n) is 3.72. The van der Waals surface area contributed by atoms with Crippen LogP contribution in [0.4, 0.5) is 10.6 Å². The van der Waals surface area contributed by atoms with Gasteiger partial charge in [0.15, 0.2) is 0 Å². The third-order valence-corrected chi connectivity index (χ3v) is 3.72. The first kappa shape index (κ1) is 17.0. The van der Waals surface area contributed by atoms with Crippen molar-refractivity contribution in [2.75, 3.05) is 44.8 Å². The number of anilines is 1. The lowest BCUT2D eigenvalue weighted by molar-refractivity contribution is 0.122. The zero-order valence-electron chi connectivity index (χ0n) is 13.7. The fourth-order valence-electron chi connectivity index (χ4n) is 2.47. The van der Waals surface area contributed by atoms with Crippen LogP contribution < -0.4 is 10.2 Å². The van der Waals surface area contributed by atoms with E-state index in [-0.39, 0.29) is 11.9 Å². The van der Waals surface area contributed by atoms with Gasteiger partial charge in [-0.2, -0.15) is 5.26 Å². The van der Waals surface area contributed by atoms with Crippen LogP contribution >= 0.6 is 0 Å². The molecule has 2 heterocycles. The summed E-state index contributed by atoms with van der Waals surface area (Å²) in [5, 5.41) is 11.7. The topological polar surface area (TPSA) is 81.5 Å². The van der Waals surface area contributed by atoms with E-state index in [0.29, 0.717) is 26.3 Å². The van der Waals surface area contributed by atoms with Gasteiger partial charge in [-0.05, 0) is 13.0 Å². The number of rotatable bonds is 5. The molecule has 1 aliphatic heterocycles. The summed E-state index contributed by atoms with van der Waals surface area (Å²) in [7, 11) is 1.69. The highest BCUT2D eigenvalue weighted by molar-refractivity contribution is 5.74. The molecule has 1 fully saturated rings. The number of urea groups is 1. The van der Waals surface area contributed by atoms with Crippen LogP contribution in [-0.2, 0) is 11.3 Å². The van der Waals surface area contributed by atoms with E-state index in [9.17, 15) is 4.79 Å². The molecule has 0 bridgehead atoms. The number of carbonyl (C=O) groups is 1. The van der Waals surface area contributed by atoms with E-state index in [1.165, 1.54) is 4.90 Å². The summed E-state index contributed by atoms with van der Waals surface area (Å²) < 4.78 is 5.37. The number of morpholine rings is 1. The van der Waals surface area contributed by atoms with Gasteiger partial charge >= 0.3 is 6.03 Å². The minimum Gasteiger partial charge on any atom is -0.378 e. The molecule has 1 aromatic heterocycles. The second kappa shape index (κ2) is 8.34. The maximum absolute atomic E-state index is 12.1. The highest BCUT2D eigenvalue weighted by Gasteiger charge is 2.17. The van der Waals surface area contributed by atoms with Crippen LogP contribution in [0.1, 0.15) is 12.5 Å². The molecular formula is C16H23N5O2. The lowest BCUT2D eigenvalue weighted by Gasteiger charge is -2.29. The predicted octanol–water partition coefficient (Wildman–Crippen LogP) is 1.22. The molecule has 1 aliphatic rings. The molecule has 1 aromatic rings. The molecule has 0 radical (unpaired) electrons. The summed E-state index contributed by atoms with van der Waals surface area (Å²) in [6.07, 6.45) is 1.76. The summed E-state index contributed by atoms with van der Waals surface area (Å²) in [6.45, 7) is 5.60. The average Bonchev–Trinajstić information content (AvgIpc) is 2.60. The molecule has 1 N–H and O–H groups in total. The van der Waals surface area contributed by atoms with Crippen molar-refractivity contribution in [2.24, 2.45) is 5.92 Å². The molecule has 1 saturated heterocycles. The summed E-state index contributed by atoms with van der Waals surface area (Å²) >= 11 is 0. The monoisotopic (exact) mass is 317 g/mol. The molecule has 0 aliphatic carbocycles. The second-order valence-electron chi connectivity index (χ2n) is 5.65. The Hall–Kier alpha value is -2.33. The Kier molecular flexibility index (Phi) is 6.18. The van der Waals surface area contributed by atoms with E-state index < -0.39 is 0 Å². The zero-order valence-corrected chi connectivity index (χ0v) is 13.7. The van der Waals surface area contributed by atoms with Crippen molar-refractivity contribution in [2.45, 2.75) is 13.5 Å². The largest absolute Gasteiger partial charge is 0.378 e. The van der Waals surface area contributed by atoms with Crippen molar-refractivity contribution in [1.29, 1.82) is 5.26 Å². The van der Waals surface area contributed by atoms with Gasteiger partial charge in [0.25, 0.3) is 0 Å². The minimum absolute atomic E-state index is 0.187. The van der Waals surface area contributed by atoms with Crippen molar-refractivity contribution in [1.82, 2.24) is 15.2 Å². The van der Waals surface area contributed by atoms with Crippen LogP contribution in [0.15, 0.2) is 18.3 Å². The Morgan fingerprint density at radius 1 is 1.57 bits per heavy atom. The van der Waals surface area contributed by atoms with Crippen LogP contribution in [0.5, 0.6) is 0 Å². The number of aromatic nitrogens is 1. The van der Waals surface area contributed by atoms with E-state index in [2.05, 4.69) is 21.3 Å². The second-order valence-corrected chi connectivity index (χ2v) is 5.65. The summed E-state index contributed by atoms with van der Waals surface area (Å²) in [6, 6.07) is 5.77. The number of nitriles is 1. The van der Waals surface area contributed by atoms with Crippen molar-refractivity contribution in [3.63, 3.8) is 0 Å². The number of hydrogen-bond donors (Lipinski definition) is 1. The first-order chi connectivity index (χ1) is 11.1. The molecule has 7 heteroatoms. The maximum atomic E-state index is 12.1. The molecule has 0 spiro atoms. The third kappa shape index (κ3) is 4.83. The van der Waals surface area contributed by atoms with Gasteiger partial charge in [0, 0.05) is 45.0 Å². The number of hydrogen-bond acceptors (Lipinski definition) is 5. The van der Waals surface area contributed by atoms with Crippen LogP contribution in [0, 0.1) is 17.2 Å². The molecule has 23 heavy (non-hydrogen) atoms. The molecular weight excluding hydrogens is 294 g/mol. The van der Waals surface area contributed by atoms with E-state index in [4.69, 9.17) is 10.00 Å². The van der Waals surface area contributed by atoms with Gasteiger partial charge in [-0.25, -0.2) is 9.78 Å². The SMILES string of the molecule is C[C@H](C#N)CN(C)C(=O)NCc1cccnc1N1CCOCC1. The summed E-state index contributed by atoms with van der Waals surface area (Å²) in [5.74, 6) is 0.706. The number of pyridine rings is 1. The van der Waals surface area contributed by atoms with Gasteiger partial charge in [0.2, 0.25) is 0 Å². The molecule has 2 rings (SSSR count). The first-order valence-corrected chi connectivity index (χ1v) is 7.77. The highest BCUT2D eigenvalue weighted by atomic mass is 16.5. The number of carbonyl (C=O) groups excluding carboxylic acids is 1. The van der Waals surface area contributed by atoms with E-state index >= 15 is 0 Å². The van der Waals surface area contributed by atoms with Gasteiger partial charge in [-0.1, -0.05) is 6.07 Å². The van der Waals surface area contributed by atoms with Gasteiger partial charge in [-0.3, -0.25) is 0 Å². The standard InChI is InChI=1S/C16H23N5O2/c1-13(10-17)12-20(2)16(22)19-11-14-4-3-5-18-15(14)21-6-8-23-9-7-21/h3-5,13H,6-9,11-12H2,1-2H3,(H,19,22)/t13-/m1/s1. The van der Waals surface area contributed by atoms with Crippen molar-refractivity contribution in [3.05, 3.63) is 23.9 Å². The zero-order chi connectivity index (χ0) is 16.7. The first-order valence-electron chi connectivity index (χ1n) is 7.77. The highest BCUT2D eigenvalue weighted by Crippen LogP contribution is 2.18. The average molecular weight is 317 g/mol.